The molecular formula is C10H12IN5. The zero-order valence-corrected chi connectivity index (χ0v) is 11.1. The zero-order valence-electron chi connectivity index (χ0n) is 8.97. The Morgan fingerprint density at radius 3 is 3.00 bits per heavy atom. The molecule has 16 heavy (non-hydrogen) atoms. The summed E-state index contributed by atoms with van der Waals surface area (Å²) in [6.07, 6.45) is 5.75. The van der Waals surface area contributed by atoms with Crippen molar-refractivity contribution in [1.82, 2.24) is 25.2 Å². The highest BCUT2D eigenvalue weighted by molar-refractivity contribution is 14.1. The Kier molecular flexibility index (Phi) is 3.81. The van der Waals surface area contributed by atoms with Gasteiger partial charge in [-0.25, -0.2) is 0 Å². The molecule has 0 bridgehead atoms. The van der Waals surface area contributed by atoms with E-state index in [0.29, 0.717) is 5.82 Å². The first-order chi connectivity index (χ1) is 7.79. The fourth-order valence-electron chi connectivity index (χ4n) is 1.29. The predicted octanol–water partition coefficient (Wildman–Crippen LogP) is 2.14. The van der Waals surface area contributed by atoms with Crippen LogP contribution in [0.4, 0.5) is 0 Å². The lowest BCUT2D eigenvalue weighted by Gasteiger charge is -1.95. The maximum Gasteiger partial charge on any atom is 0.206 e. The van der Waals surface area contributed by atoms with Gasteiger partial charge in [-0.2, -0.15) is 4.80 Å². The van der Waals surface area contributed by atoms with Crippen molar-refractivity contribution in [2.24, 2.45) is 0 Å². The highest BCUT2D eigenvalue weighted by atomic mass is 127. The van der Waals surface area contributed by atoms with Crippen molar-refractivity contribution in [3.63, 3.8) is 0 Å². The molecule has 2 rings (SSSR count). The zero-order chi connectivity index (χ0) is 11.4. The normalized spacial score (nSPS) is 10.6. The van der Waals surface area contributed by atoms with Crippen LogP contribution >= 0.6 is 22.6 Å². The Morgan fingerprint density at radius 2 is 2.25 bits per heavy atom. The summed E-state index contributed by atoms with van der Waals surface area (Å²) >= 11 is 2.22. The molecule has 0 aromatic carbocycles. The van der Waals surface area contributed by atoms with E-state index in [9.17, 15) is 0 Å². The second-order valence-corrected chi connectivity index (χ2v) is 4.70. The van der Waals surface area contributed by atoms with Gasteiger partial charge in [0.05, 0.1) is 6.54 Å². The molecule has 84 valence electrons. The van der Waals surface area contributed by atoms with Crippen LogP contribution < -0.4 is 0 Å². The number of halogens is 1. The molecule has 0 radical (unpaired) electrons. The highest BCUT2D eigenvalue weighted by Gasteiger charge is 2.06. The van der Waals surface area contributed by atoms with Crippen molar-refractivity contribution in [3.05, 3.63) is 22.0 Å². The van der Waals surface area contributed by atoms with Gasteiger partial charge in [0.15, 0.2) is 0 Å². The number of pyridine rings is 1. The van der Waals surface area contributed by atoms with E-state index >= 15 is 0 Å². The summed E-state index contributed by atoms with van der Waals surface area (Å²) in [5.41, 5.74) is 0.912. The SMILES string of the molecule is CCCCn1nnc(-c2cncc(I)c2)n1. The van der Waals surface area contributed by atoms with Crippen LogP contribution in [0.15, 0.2) is 18.5 Å². The lowest BCUT2D eigenvalue weighted by atomic mass is 10.3. The van der Waals surface area contributed by atoms with Gasteiger partial charge in [-0.15, -0.1) is 10.2 Å². The standard InChI is InChI=1S/C10H12IN5/c1-2-3-4-16-14-10(13-15-16)8-5-9(11)7-12-6-8/h5-7H,2-4H2,1H3. The Morgan fingerprint density at radius 1 is 1.38 bits per heavy atom. The van der Waals surface area contributed by atoms with Gasteiger partial charge in [0.25, 0.3) is 0 Å². The van der Waals surface area contributed by atoms with Crippen molar-refractivity contribution < 1.29 is 0 Å². The van der Waals surface area contributed by atoms with Crippen LogP contribution in [0.1, 0.15) is 19.8 Å². The lowest BCUT2D eigenvalue weighted by Crippen LogP contribution is -2.01. The van der Waals surface area contributed by atoms with E-state index < -0.39 is 0 Å². The van der Waals surface area contributed by atoms with E-state index in [1.54, 1.807) is 17.2 Å². The molecule has 2 heterocycles. The van der Waals surface area contributed by atoms with E-state index in [1.165, 1.54) is 0 Å². The quantitative estimate of drug-likeness (QED) is 0.807. The van der Waals surface area contributed by atoms with Crippen molar-refractivity contribution in [3.8, 4) is 11.4 Å². The first-order valence-electron chi connectivity index (χ1n) is 5.18. The maximum absolute atomic E-state index is 4.31. The lowest BCUT2D eigenvalue weighted by molar-refractivity contribution is 0.496. The maximum atomic E-state index is 4.31. The number of aryl methyl sites for hydroxylation is 1. The number of rotatable bonds is 4. The van der Waals surface area contributed by atoms with Gasteiger partial charge in [-0.3, -0.25) is 4.98 Å². The summed E-state index contributed by atoms with van der Waals surface area (Å²) in [7, 11) is 0. The summed E-state index contributed by atoms with van der Waals surface area (Å²) in [5, 5.41) is 12.3. The summed E-state index contributed by atoms with van der Waals surface area (Å²) in [4.78, 5) is 5.75. The Bertz CT molecular complexity index is 468. The minimum absolute atomic E-state index is 0.641. The molecule has 0 unspecified atom stereocenters. The van der Waals surface area contributed by atoms with E-state index in [4.69, 9.17) is 0 Å². The molecule has 0 amide bonds. The van der Waals surface area contributed by atoms with Crippen LogP contribution in [0.3, 0.4) is 0 Å². The van der Waals surface area contributed by atoms with E-state index in [1.807, 2.05) is 6.07 Å². The third-order valence-electron chi connectivity index (χ3n) is 2.13. The van der Waals surface area contributed by atoms with Crippen LogP contribution in [0.2, 0.25) is 0 Å². The fourth-order valence-corrected chi connectivity index (χ4v) is 1.78. The second kappa shape index (κ2) is 5.33. The van der Waals surface area contributed by atoms with Gasteiger partial charge < -0.3 is 0 Å². The van der Waals surface area contributed by atoms with Crippen LogP contribution in [-0.2, 0) is 6.54 Å². The number of unbranched alkanes of at least 4 members (excludes halogenated alkanes) is 1. The number of hydrogen-bond acceptors (Lipinski definition) is 4. The molecule has 6 heteroatoms. The van der Waals surface area contributed by atoms with E-state index in [0.717, 1.165) is 28.5 Å². The molecule has 2 aromatic rings. The molecule has 0 spiro atoms. The van der Waals surface area contributed by atoms with Gasteiger partial charge >= 0.3 is 0 Å². The van der Waals surface area contributed by atoms with E-state index in [-0.39, 0.29) is 0 Å². The number of hydrogen-bond donors (Lipinski definition) is 0. The number of tetrazole rings is 1. The summed E-state index contributed by atoms with van der Waals surface area (Å²) < 4.78 is 1.07. The smallest absolute Gasteiger partial charge is 0.206 e. The average molecular weight is 329 g/mol. The fraction of sp³-hybridized carbons (Fsp3) is 0.400. The van der Waals surface area contributed by atoms with Gasteiger partial charge in [0.1, 0.15) is 0 Å². The summed E-state index contributed by atoms with van der Waals surface area (Å²) in [6.45, 7) is 2.96. The largest absolute Gasteiger partial charge is 0.263 e. The molecule has 0 fully saturated rings. The van der Waals surface area contributed by atoms with Crippen LogP contribution in [0.5, 0.6) is 0 Å². The van der Waals surface area contributed by atoms with Crippen molar-refractivity contribution in [2.75, 3.05) is 0 Å². The van der Waals surface area contributed by atoms with Crippen LogP contribution in [-0.4, -0.2) is 25.2 Å². The van der Waals surface area contributed by atoms with Gasteiger partial charge in [-0.05, 0) is 40.3 Å². The summed E-state index contributed by atoms with van der Waals surface area (Å²) in [5.74, 6) is 0.641. The molecule has 0 saturated carbocycles. The first-order valence-corrected chi connectivity index (χ1v) is 6.26. The minimum atomic E-state index is 0.641. The van der Waals surface area contributed by atoms with Gasteiger partial charge in [0.2, 0.25) is 5.82 Å². The van der Waals surface area contributed by atoms with Crippen molar-refractivity contribution in [1.29, 1.82) is 0 Å². The predicted molar refractivity (Wildman–Crippen MR) is 68.7 cm³/mol. The molecule has 0 atom stereocenters. The molecular weight excluding hydrogens is 317 g/mol. The molecule has 2 aromatic heterocycles. The molecule has 0 aliphatic rings. The van der Waals surface area contributed by atoms with Gasteiger partial charge in [0, 0.05) is 21.5 Å². The van der Waals surface area contributed by atoms with Gasteiger partial charge in [-0.1, -0.05) is 13.3 Å². The highest BCUT2D eigenvalue weighted by Crippen LogP contribution is 2.14. The Labute approximate surface area is 107 Å². The third kappa shape index (κ3) is 2.75. The average Bonchev–Trinajstić information content (AvgIpc) is 2.75. The molecule has 0 aliphatic carbocycles. The molecule has 0 aliphatic heterocycles. The van der Waals surface area contributed by atoms with Crippen molar-refractivity contribution >= 4 is 22.6 Å². The number of nitrogens with zero attached hydrogens (tertiary/aromatic N) is 5. The minimum Gasteiger partial charge on any atom is -0.263 e. The Hall–Kier alpha value is -1.05. The molecule has 0 saturated heterocycles. The van der Waals surface area contributed by atoms with Crippen molar-refractivity contribution in [2.45, 2.75) is 26.3 Å². The summed E-state index contributed by atoms with van der Waals surface area (Å²) in [6, 6.07) is 1.99. The molecule has 5 nitrogen and oxygen atoms in total. The van der Waals surface area contributed by atoms with Crippen LogP contribution in [0.25, 0.3) is 11.4 Å². The van der Waals surface area contributed by atoms with E-state index in [2.05, 4.69) is 49.9 Å². The molecule has 0 N–H and O–H groups in total. The first kappa shape index (κ1) is 11.4. The number of aromatic nitrogens is 5. The van der Waals surface area contributed by atoms with Crippen LogP contribution in [0, 0.1) is 3.57 Å². The topological polar surface area (TPSA) is 56.5 Å². The Balaban J connectivity index is 2.18. The third-order valence-corrected chi connectivity index (χ3v) is 2.72. The second-order valence-electron chi connectivity index (χ2n) is 3.45. The monoisotopic (exact) mass is 329 g/mol.